The molecule has 1 N–H and O–H groups in total. The normalized spacial score (nSPS) is 13.7. The lowest BCUT2D eigenvalue weighted by Crippen LogP contribution is -2.50. The van der Waals surface area contributed by atoms with Gasteiger partial charge in [0, 0.05) is 19.3 Å². The molecule has 8 heteroatoms. The van der Waals surface area contributed by atoms with E-state index in [1.807, 2.05) is 21.1 Å². The van der Waals surface area contributed by atoms with Crippen LogP contribution in [0.2, 0.25) is 0 Å². The van der Waals surface area contributed by atoms with Gasteiger partial charge >= 0.3 is 17.9 Å². The summed E-state index contributed by atoms with van der Waals surface area (Å²) in [6.07, 6.45) is 53.5. The molecule has 0 saturated heterocycles. The molecule has 0 heterocycles. The van der Waals surface area contributed by atoms with E-state index < -0.39 is 18.1 Å². The Morgan fingerprint density at radius 1 is 0.525 bits per heavy atom. The van der Waals surface area contributed by atoms with E-state index in [4.69, 9.17) is 14.2 Å². The number of carboxylic acid groups (broad SMARTS) is 1. The van der Waals surface area contributed by atoms with Gasteiger partial charge in [0.25, 0.3) is 0 Å². The molecule has 0 spiro atoms. The average molecular weight is 825 g/mol. The van der Waals surface area contributed by atoms with E-state index in [1.54, 1.807) is 0 Å². The SMILES string of the molecule is CC/C=C\C/C=C\C/C=C\C/C=C\C/C=C\CCCC(=O)OC(COCCC(C(=O)O)[N+](C)(C)C)COC(=O)CCCCCCCCC/C=C\C/C=C\CCCCCC. The summed E-state index contributed by atoms with van der Waals surface area (Å²) >= 11 is 0. The van der Waals surface area contributed by atoms with Crippen molar-refractivity contribution in [2.24, 2.45) is 0 Å². The van der Waals surface area contributed by atoms with Gasteiger partial charge in [-0.05, 0) is 83.5 Å². The number of ether oxygens (including phenoxy) is 3. The fourth-order valence-corrected chi connectivity index (χ4v) is 6.21. The minimum Gasteiger partial charge on any atom is -0.477 e. The molecule has 0 bridgehead atoms. The Balaban J connectivity index is 4.44. The summed E-state index contributed by atoms with van der Waals surface area (Å²) in [5.74, 6) is -1.56. The van der Waals surface area contributed by atoms with Crippen LogP contribution in [0.3, 0.4) is 0 Å². The average Bonchev–Trinajstić information content (AvgIpc) is 3.19. The molecule has 336 valence electrons. The highest BCUT2D eigenvalue weighted by Gasteiger charge is 2.31. The van der Waals surface area contributed by atoms with E-state index in [0.717, 1.165) is 70.6 Å². The molecule has 0 fully saturated rings. The van der Waals surface area contributed by atoms with Gasteiger partial charge in [-0.2, -0.15) is 0 Å². The Kier molecular flexibility index (Phi) is 38.8. The Morgan fingerprint density at radius 2 is 0.966 bits per heavy atom. The molecule has 2 atom stereocenters. The van der Waals surface area contributed by atoms with Crippen LogP contribution in [-0.4, -0.2) is 80.6 Å². The van der Waals surface area contributed by atoms with Crippen LogP contribution in [-0.2, 0) is 28.6 Å². The third kappa shape index (κ3) is 39.7. The Bertz CT molecular complexity index is 1240. The number of carboxylic acids is 1. The van der Waals surface area contributed by atoms with Crippen molar-refractivity contribution in [1.29, 1.82) is 0 Å². The maximum absolute atomic E-state index is 12.7. The van der Waals surface area contributed by atoms with Gasteiger partial charge < -0.3 is 23.8 Å². The highest BCUT2D eigenvalue weighted by atomic mass is 16.6. The van der Waals surface area contributed by atoms with Crippen LogP contribution < -0.4 is 0 Å². The van der Waals surface area contributed by atoms with Gasteiger partial charge in [-0.15, -0.1) is 0 Å². The number of rotatable bonds is 40. The molecule has 0 saturated carbocycles. The number of hydrogen-bond acceptors (Lipinski definition) is 6. The van der Waals surface area contributed by atoms with Crippen LogP contribution >= 0.6 is 0 Å². The molecule has 0 aliphatic rings. The summed E-state index contributed by atoms with van der Waals surface area (Å²) in [6.45, 7) is 4.52. The predicted molar refractivity (Wildman–Crippen MR) is 247 cm³/mol. The number of quaternary nitrogens is 1. The summed E-state index contributed by atoms with van der Waals surface area (Å²) < 4.78 is 17.2. The molecule has 0 radical (unpaired) electrons. The first kappa shape index (κ1) is 55.5. The van der Waals surface area contributed by atoms with Crippen molar-refractivity contribution in [3.05, 3.63) is 85.1 Å². The van der Waals surface area contributed by atoms with E-state index in [-0.39, 0.29) is 42.7 Å². The second-order valence-electron chi connectivity index (χ2n) is 16.3. The number of esters is 2. The molecule has 0 aliphatic carbocycles. The van der Waals surface area contributed by atoms with Gasteiger partial charge in [-0.3, -0.25) is 9.59 Å². The standard InChI is InChI=1S/C51H85NO7/c1-6-8-10-12-14-16-18-20-22-24-26-27-29-31-33-35-37-39-41-49(53)58-46-47(45-57-44-43-48(51(55)56)52(3,4)5)59-50(54)42-40-38-36-34-32-30-28-25-23-21-19-17-15-13-11-9-7-2/h9,11,15-18,21-24,28,30,34,36,47-48H,6-8,10,12-14,19-20,25-27,29,31-33,35,37-46H2,1-5H3/p+1/b11-9-,17-15-,18-16-,23-21-,24-22-,30-28-,36-34-. The van der Waals surface area contributed by atoms with Gasteiger partial charge in [-0.25, -0.2) is 4.79 Å². The van der Waals surface area contributed by atoms with Gasteiger partial charge in [0.15, 0.2) is 12.1 Å². The number of nitrogens with zero attached hydrogens (tertiary/aromatic N) is 1. The number of carbonyl (C=O) groups is 3. The van der Waals surface area contributed by atoms with Crippen LogP contribution in [0.4, 0.5) is 0 Å². The summed E-state index contributed by atoms with van der Waals surface area (Å²) in [4.78, 5) is 37.0. The molecule has 0 amide bonds. The Labute approximate surface area is 361 Å². The van der Waals surface area contributed by atoms with E-state index in [9.17, 15) is 19.5 Å². The van der Waals surface area contributed by atoms with Gasteiger partial charge in [0.2, 0.25) is 0 Å². The largest absolute Gasteiger partial charge is 0.477 e. The van der Waals surface area contributed by atoms with Crippen molar-refractivity contribution < 1.29 is 38.2 Å². The maximum Gasteiger partial charge on any atom is 0.362 e. The molecule has 0 aromatic carbocycles. The number of aliphatic carboxylic acids is 1. The molecule has 0 rings (SSSR count). The van der Waals surface area contributed by atoms with Gasteiger partial charge in [0.05, 0.1) is 34.4 Å². The molecular weight excluding hydrogens is 739 g/mol. The summed E-state index contributed by atoms with van der Waals surface area (Å²) in [5, 5.41) is 9.63. The van der Waals surface area contributed by atoms with Crippen molar-refractivity contribution in [1.82, 2.24) is 0 Å². The van der Waals surface area contributed by atoms with E-state index in [0.29, 0.717) is 19.3 Å². The smallest absolute Gasteiger partial charge is 0.362 e. The van der Waals surface area contributed by atoms with Crippen molar-refractivity contribution in [3.8, 4) is 0 Å². The minimum atomic E-state index is -0.888. The lowest BCUT2D eigenvalue weighted by atomic mass is 10.1. The zero-order chi connectivity index (χ0) is 43.5. The van der Waals surface area contributed by atoms with Crippen LogP contribution in [0.5, 0.6) is 0 Å². The summed E-state index contributed by atoms with van der Waals surface area (Å²) in [7, 11) is 5.50. The predicted octanol–water partition coefficient (Wildman–Crippen LogP) is 12.9. The monoisotopic (exact) mass is 825 g/mol. The van der Waals surface area contributed by atoms with Crippen LogP contribution in [0.1, 0.15) is 168 Å². The van der Waals surface area contributed by atoms with Gasteiger partial charge in [-0.1, -0.05) is 150 Å². The number of likely N-dealkylation sites (N-methyl/N-ethyl adjacent to an activating group) is 1. The Morgan fingerprint density at radius 3 is 1.46 bits per heavy atom. The zero-order valence-corrected chi connectivity index (χ0v) is 38.2. The van der Waals surface area contributed by atoms with Crippen molar-refractivity contribution in [3.63, 3.8) is 0 Å². The maximum atomic E-state index is 12.7. The van der Waals surface area contributed by atoms with E-state index in [1.165, 1.54) is 57.8 Å². The first-order valence-corrected chi connectivity index (χ1v) is 23.1. The lowest BCUT2D eigenvalue weighted by molar-refractivity contribution is -0.887. The fraction of sp³-hybridized carbons (Fsp3) is 0.667. The summed E-state index contributed by atoms with van der Waals surface area (Å²) in [6, 6.07) is -0.630. The van der Waals surface area contributed by atoms with Crippen LogP contribution in [0.15, 0.2) is 85.1 Å². The molecular formula is C51H86NO7+. The van der Waals surface area contributed by atoms with Crippen molar-refractivity contribution in [2.75, 3.05) is 41.0 Å². The molecule has 0 aromatic heterocycles. The van der Waals surface area contributed by atoms with E-state index in [2.05, 4.69) is 98.9 Å². The number of unbranched alkanes of at least 4 members (excludes halogenated alkanes) is 12. The van der Waals surface area contributed by atoms with E-state index >= 15 is 0 Å². The Hall–Kier alpha value is -3.49. The second-order valence-corrected chi connectivity index (χ2v) is 16.3. The van der Waals surface area contributed by atoms with Crippen LogP contribution in [0, 0.1) is 0 Å². The molecule has 8 nitrogen and oxygen atoms in total. The fourth-order valence-electron chi connectivity index (χ4n) is 6.21. The highest BCUT2D eigenvalue weighted by molar-refractivity contribution is 5.72. The molecule has 59 heavy (non-hydrogen) atoms. The number of carbonyl (C=O) groups excluding carboxylic acids is 2. The quantitative estimate of drug-likeness (QED) is 0.0284. The first-order chi connectivity index (χ1) is 28.6. The molecule has 0 aliphatic heterocycles. The third-order valence-electron chi connectivity index (χ3n) is 9.78. The summed E-state index contributed by atoms with van der Waals surface area (Å²) in [5.41, 5.74) is 0. The van der Waals surface area contributed by atoms with Crippen molar-refractivity contribution >= 4 is 17.9 Å². The topological polar surface area (TPSA) is 99.1 Å². The zero-order valence-electron chi connectivity index (χ0n) is 38.2. The number of hydrogen-bond donors (Lipinski definition) is 1. The molecule has 2 unspecified atom stereocenters. The number of allylic oxidation sites excluding steroid dienone is 14. The van der Waals surface area contributed by atoms with Crippen molar-refractivity contribution in [2.45, 2.75) is 180 Å². The first-order valence-electron chi connectivity index (χ1n) is 23.1. The van der Waals surface area contributed by atoms with Gasteiger partial charge in [0.1, 0.15) is 6.61 Å². The third-order valence-corrected chi connectivity index (χ3v) is 9.78. The second kappa shape index (κ2) is 41.3. The lowest BCUT2D eigenvalue weighted by Gasteiger charge is -2.31. The highest BCUT2D eigenvalue weighted by Crippen LogP contribution is 2.13. The minimum absolute atomic E-state index is 0.0311. The molecule has 0 aromatic rings. The van der Waals surface area contributed by atoms with Crippen LogP contribution in [0.25, 0.3) is 0 Å².